The molecule has 0 spiro atoms. The first kappa shape index (κ1) is 11.6. The van der Waals surface area contributed by atoms with Crippen LogP contribution in [-0.4, -0.2) is 29.1 Å². The molecule has 16 heavy (non-hydrogen) atoms. The van der Waals surface area contributed by atoms with Crippen LogP contribution < -0.4 is 0 Å². The average molecular weight is 223 g/mol. The highest BCUT2D eigenvalue weighted by molar-refractivity contribution is 5.18. The Bertz CT molecular complexity index is 338. The minimum absolute atomic E-state index is 0.259. The number of benzene rings is 1. The van der Waals surface area contributed by atoms with Gasteiger partial charge in [0.1, 0.15) is 5.82 Å². The van der Waals surface area contributed by atoms with Crippen LogP contribution in [0.15, 0.2) is 24.3 Å². The number of rotatable bonds is 3. The van der Waals surface area contributed by atoms with Gasteiger partial charge in [-0.25, -0.2) is 4.39 Å². The number of nitrogens with zero attached hydrogens (tertiary/aromatic N) is 1. The highest BCUT2D eigenvalue weighted by Crippen LogP contribution is 2.21. The van der Waals surface area contributed by atoms with Crippen LogP contribution in [0.4, 0.5) is 4.39 Å². The summed E-state index contributed by atoms with van der Waals surface area (Å²) in [6, 6.07) is 6.65. The van der Waals surface area contributed by atoms with Crippen LogP contribution in [0.1, 0.15) is 31.4 Å². The number of likely N-dealkylation sites (tertiary alicyclic amines) is 1. The molecule has 1 aromatic carbocycles. The lowest BCUT2D eigenvalue weighted by Gasteiger charge is -2.24. The molecule has 3 heteroatoms. The summed E-state index contributed by atoms with van der Waals surface area (Å²) >= 11 is 0. The highest BCUT2D eigenvalue weighted by Gasteiger charge is 2.22. The van der Waals surface area contributed by atoms with E-state index in [9.17, 15) is 9.50 Å². The summed E-state index contributed by atoms with van der Waals surface area (Å²) in [6.45, 7) is 3.89. The lowest BCUT2D eigenvalue weighted by atomic mass is 10.1. The van der Waals surface area contributed by atoms with Crippen molar-refractivity contribution < 1.29 is 9.50 Å². The molecular formula is C13H18FNO. The smallest absolute Gasteiger partial charge is 0.123 e. The fourth-order valence-corrected chi connectivity index (χ4v) is 2.28. The van der Waals surface area contributed by atoms with Crippen molar-refractivity contribution in [1.82, 2.24) is 4.90 Å². The van der Waals surface area contributed by atoms with Gasteiger partial charge in [-0.3, -0.25) is 4.90 Å². The summed E-state index contributed by atoms with van der Waals surface area (Å²) in [5, 5.41) is 10.0. The van der Waals surface area contributed by atoms with E-state index in [1.54, 1.807) is 12.1 Å². The van der Waals surface area contributed by atoms with E-state index in [1.165, 1.54) is 25.0 Å². The first-order valence-electron chi connectivity index (χ1n) is 5.84. The zero-order valence-corrected chi connectivity index (χ0v) is 9.56. The maximum Gasteiger partial charge on any atom is 0.123 e. The van der Waals surface area contributed by atoms with E-state index >= 15 is 0 Å². The Labute approximate surface area is 95.7 Å². The monoisotopic (exact) mass is 223 g/mol. The number of hydrogen-bond acceptors (Lipinski definition) is 2. The van der Waals surface area contributed by atoms with Crippen molar-refractivity contribution in [3.8, 4) is 0 Å². The second-order valence-electron chi connectivity index (χ2n) is 4.55. The van der Waals surface area contributed by atoms with Gasteiger partial charge in [0.25, 0.3) is 0 Å². The minimum Gasteiger partial charge on any atom is -0.387 e. The van der Waals surface area contributed by atoms with Gasteiger partial charge in [-0.15, -0.1) is 0 Å². The molecule has 2 nitrogen and oxygen atoms in total. The number of aliphatic hydroxyl groups is 1. The average Bonchev–Trinajstić information content (AvgIpc) is 2.65. The Morgan fingerprint density at radius 1 is 1.44 bits per heavy atom. The van der Waals surface area contributed by atoms with Crippen LogP contribution in [0.25, 0.3) is 0 Å². The van der Waals surface area contributed by atoms with Gasteiger partial charge in [0.2, 0.25) is 0 Å². The maximum absolute atomic E-state index is 12.7. The third-order valence-corrected chi connectivity index (χ3v) is 3.35. The van der Waals surface area contributed by atoms with Gasteiger partial charge in [0.05, 0.1) is 6.10 Å². The molecule has 0 aromatic heterocycles. The third-order valence-electron chi connectivity index (χ3n) is 3.35. The summed E-state index contributed by atoms with van der Waals surface area (Å²) in [5.74, 6) is -0.259. The first-order valence-corrected chi connectivity index (χ1v) is 5.84. The van der Waals surface area contributed by atoms with Crippen LogP contribution in [0.5, 0.6) is 0 Å². The van der Waals surface area contributed by atoms with Crippen molar-refractivity contribution in [2.75, 3.05) is 13.1 Å². The number of aliphatic hydroxyl groups excluding tert-OH is 1. The minimum atomic E-state index is -0.513. The molecule has 1 unspecified atom stereocenters. The Balaban J connectivity index is 1.97. The molecule has 0 saturated carbocycles. The van der Waals surface area contributed by atoms with Gasteiger partial charge in [-0.05, 0) is 44.0 Å². The number of halogens is 1. The quantitative estimate of drug-likeness (QED) is 0.850. The molecule has 2 atom stereocenters. The lowest BCUT2D eigenvalue weighted by Crippen LogP contribution is -2.31. The first-order chi connectivity index (χ1) is 7.66. The molecule has 1 aliphatic heterocycles. The Morgan fingerprint density at radius 3 is 2.69 bits per heavy atom. The van der Waals surface area contributed by atoms with Crippen molar-refractivity contribution in [2.24, 2.45) is 0 Å². The zero-order chi connectivity index (χ0) is 11.5. The van der Waals surface area contributed by atoms with Gasteiger partial charge in [-0.2, -0.15) is 0 Å². The molecule has 1 saturated heterocycles. The molecule has 2 rings (SSSR count). The van der Waals surface area contributed by atoms with E-state index in [2.05, 4.69) is 11.8 Å². The van der Waals surface area contributed by atoms with E-state index in [4.69, 9.17) is 0 Å². The Kier molecular flexibility index (Phi) is 3.56. The maximum atomic E-state index is 12.7. The highest BCUT2D eigenvalue weighted by atomic mass is 19.1. The third kappa shape index (κ3) is 2.60. The van der Waals surface area contributed by atoms with Gasteiger partial charge < -0.3 is 5.11 Å². The molecule has 1 aliphatic rings. The largest absolute Gasteiger partial charge is 0.387 e. The van der Waals surface area contributed by atoms with Gasteiger partial charge in [-0.1, -0.05) is 12.1 Å². The fraction of sp³-hybridized carbons (Fsp3) is 0.538. The lowest BCUT2D eigenvalue weighted by molar-refractivity contribution is 0.110. The molecule has 1 heterocycles. The van der Waals surface area contributed by atoms with Gasteiger partial charge >= 0.3 is 0 Å². The van der Waals surface area contributed by atoms with Crippen LogP contribution >= 0.6 is 0 Å². The molecular weight excluding hydrogens is 205 g/mol. The van der Waals surface area contributed by atoms with Crippen molar-refractivity contribution in [2.45, 2.75) is 31.9 Å². The Morgan fingerprint density at radius 2 is 2.12 bits per heavy atom. The van der Waals surface area contributed by atoms with Crippen molar-refractivity contribution in [3.05, 3.63) is 35.6 Å². The summed E-state index contributed by atoms with van der Waals surface area (Å²) in [4.78, 5) is 2.29. The van der Waals surface area contributed by atoms with Crippen LogP contribution in [0.2, 0.25) is 0 Å². The zero-order valence-electron chi connectivity index (χ0n) is 9.56. The molecule has 0 radical (unpaired) electrons. The normalized spacial score (nSPS) is 23.6. The van der Waals surface area contributed by atoms with Crippen LogP contribution in [-0.2, 0) is 0 Å². The fourth-order valence-electron chi connectivity index (χ4n) is 2.28. The van der Waals surface area contributed by atoms with Gasteiger partial charge in [0, 0.05) is 12.6 Å². The summed E-state index contributed by atoms with van der Waals surface area (Å²) in [6.07, 6.45) is 1.90. The predicted molar refractivity (Wildman–Crippen MR) is 61.6 cm³/mol. The Hall–Kier alpha value is -0.930. The van der Waals surface area contributed by atoms with E-state index < -0.39 is 6.10 Å². The molecule has 0 bridgehead atoms. The SMILES string of the molecule is CC1CCCN1C[C@@H](O)c1ccc(F)cc1. The molecule has 1 N–H and O–H groups in total. The molecule has 88 valence electrons. The topological polar surface area (TPSA) is 23.5 Å². The number of hydrogen-bond donors (Lipinski definition) is 1. The van der Waals surface area contributed by atoms with Crippen LogP contribution in [0.3, 0.4) is 0 Å². The van der Waals surface area contributed by atoms with E-state index in [0.717, 1.165) is 12.1 Å². The molecule has 0 amide bonds. The van der Waals surface area contributed by atoms with Crippen molar-refractivity contribution in [1.29, 1.82) is 0 Å². The molecule has 1 fully saturated rings. The molecule has 0 aliphatic carbocycles. The van der Waals surface area contributed by atoms with Gasteiger partial charge in [0.15, 0.2) is 0 Å². The number of β-amino-alcohol motifs (C(OH)–C–C–N with tert-alkyl or cyclic N) is 1. The molecule has 1 aromatic rings. The summed E-state index contributed by atoms with van der Waals surface area (Å²) in [5.41, 5.74) is 0.792. The van der Waals surface area contributed by atoms with Crippen molar-refractivity contribution in [3.63, 3.8) is 0 Å². The van der Waals surface area contributed by atoms with Crippen LogP contribution in [0, 0.1) is 5.82 Å². The van der Waals surface area contributed by atoms with E-state index in [-0.39, 0.29) is 5.82 Å². The second kappa shape index (κ2) is 4.93. The summed E-state index contributed by atoms with van der Waals surface area (Å²) in [7, 11) is 0. The summed E-state index contributed by atoms with van der Waals surface area (Å²) < 4.78 is 12.7. The van der Waals surface area contributed by atoms with Crippen molar-refractivity contribution >= 4 is 0 Å². The predicted octanol–water partition coefficient (Wildman–Crippen LogP) is 2.34. The standard InChI is InChI=1S/C13H18FNO/c1-10-3-2-8-15(10)9-13(16)11-4-6-12(14)7-5-11/h4-7,10,13,16H,2-3,8-9H2,1H3/t10?,13-/m1/s1. The van der Waals surface area contributed by atoms with E-state index in [0.29, 0.717) is 12.6 Å². The second-order valence-corrected chi connectivity index (χ2v) is 4.55. The van der Waals surface area contributed by atoms with E-state index in [1.807, 2.05) is 0 Å².